The van der Waals surface area contributed by atoms with Crippen LogP contribution in [0.1, 0.15) is 0 Å². The summed E-state index contributed by atoms with van der Waals surface area (Å²) in [6.07, 6.45) is 1.36. The highest BCUT2D eigenvalue weighted by atomic mass is 16.5. The number of aromatic nitrogens is 1. The van der Waals surface area contributed by atoms with Gasteiger partial charge < -0.3 is 16.3 Å². The number of hydrogen-bond acceptors (Lipinski definition) is 5. The Bertz CT molecular complexity index is 582. The van der Waals surface area contributed by atoms with Gasteiger partial charge in [0.25, 0.3) is 0 Å². The lowest BCUT2D eigenvalue weighted by molar-refractivity contribution is -0.591. The van der Waals surface area contributed by atoms with E-state index >= 15 is 0 Å². The number of benzene rings is 1. The summed E-state index contributed by atoms with van der Waals surface area (Å²) in [6.45, 7) is 0. The molecule has 18 heavy (non-hydrogen) atoms. The van der Waals surface area contributed by atoms with Crippen LogP contribution in [-0.4, -0.2) is 7.05 Å². The Balaban J connectivity index is 2.27. The Kier molecular flexibility index (Phi) is 3.38. The quantitative estimate of drug-likeness (QED) is 0.375. The fourth-order valence-corrected chi connectivity index (χ4v) is 1.40. The van der Waals surface area contributed by atoms with Crippen molar-refractivity contribution in [3.63, 3.8) is 0 Å². The Morgan fingerprint density at radius 2 is 2.06 bits per heavy atom. The van der Waals surface area contributed by atoms with Crippen LogP contribution in [0.2, 0.25) is 0 Å². The summed E-state index contributed by atoms with van der Waals surface area (Å²) in [4.78, 5) is 0. The second kappa shape index (κ2) is 5.13. The second-order valence-corrected chi connectivity index (χ2v) is 3.61. The lowest BCUT2D eigenvalue weighted by Gasteiger charge is -2.02. The van der Waals surface area contributed by atoms with Gasteiger partial charge in [-0.3, -0.25) is 0 Å². The molecule has 1 aromatic carbocycles. The van der Waals surface area contributed by atoms with E-state index in [1.807, 2.05) is 6.07 Å². The van der Waals surface area contributed by atoms with Gasteiger partial charge in [0.1, 0.15) is 5.69 Å². The monoisotopic (exact) mass is 243 g/mol. The van der Waals surface area contributed by atoms with Crippen molar-refractivity contribution in [3.05, 3.63) is 47.8 Å². The van der Waals surface area contributed by atoms with Crippen molar-refractivity contribution in [1.82, 2.24) is 0 Å². The van der Waals surface area contributed by atoms with E-state index in [1.54, 1.807) is 37.4 Å². The largest absolute Gasteiger partial charge is 0.710 e. The first-order valence-electron chi connectivity index (χ1n) is 5.38. The van der Waals surface area contributed by atoms with E-state index in [-0.39, 0.29) is 5.82 Å². The molecule has 0 aliphatic rings. The smallest absolute Gasteiger partial charge is 0.353 e. The molecule has 6 heteroatoms. The van der Waals surface area contributed by atoms with Crippen LogP contribution < -0.4 is 15.8 Å². The van der Waals surface area contributed by atoms with E-state index in [0.29, 0.717) is 16.1 Å². The number of anilines is 2. The molecule has 1 heterocycles. The van der Waals surface area contributed by atoms with Gasteiger partial charge >= 0.3 is 5.82 Å². The van der Waals surface area contributed by atoms with Gasteiger partial charge in [-0.05, 0) is 29.4 Å². The van der Waals surface area contributed by atoms with Crippen LogP contribution >= 0.6 is 0 Å². The minimum absolute atomic E-state index is 0.217. The molecule has 2 aromatic rings. The molecule has 0 bridgehead atoms. The van der Waals surface area contributed by atoms with E-state index in [0.717, 1.165) is 5.69 Å². The maximum Gasteiger partial charge on any atom is 0.353 e. The molecular weight excluding hydrogens is 230 g/mol. The summed E-state index contributed by atoms with van der Waals surface area (Å²) >= 11 is 0. The van der Waals surface area contributed by atoms with E-state index < -0.39 is 0 Å². The van der Waals surface area contributed by atoms with Crippen LogP contribution in [0.25, 0.3) is 0 Å². The van der Waals surface area contributed by atoms with Crippen molar-refractivity contribution in [2.45, 2.75) is 0 Å². The molecule has 2 rings (SSSR count). The average molecular weight is 243 g/mol. The molecule has 92 valence electrons. The molecule has 1 aromatic heterocycles. The molecular formula is C12H13N5O. The predicted octanol–water partition coefficient (Wildman–Crippen LogP) is 2.36. The highest BCUT2D eigenvalue weighted by Crippen LogP contribution is 2.26. The van der Waals surface area contributed by atoms with Gasteiger partial charge in [-0.15, -0.1) is 0 Å². The molecule has 0 aliphatic carbocycles. The van der Waals surface area contributed by atoms with Crippen molar-refractivity contribution in [2.24, 2.45) is 10.2 Å². The topological polar surface area (TPSA) is 89.7 Å². The number of nitrogens with zero attached hydrogens (tertiary/aromatic N) is 3. The number of rotatable bonds is 3. The van der Waals surface area contributed by atoms with Crippen molar-refractivity contribution in [3.8, 4) is 0 Å². The second-order valence-electron chi connectivity index (χ2n) is 3.61. The fourth-order valence-electron chi connectivity index (χ4n) is 1.40. The predicted molar refractivity (Wildman–Crippen MR) is 70.0 cm³/mol. The summed E-state index contributed by atoms with van der Waals surface area (Å²) in [5, 5.41) is 22.2. The molecule has 6 nitrogen and oxygen atoms in total. The summed E-state index contributed by atoms with van der Waals surface area (Å²) in [5.74, 6) is 0.217. The van der Waals surface area contributed by atoms with E-state index in [4.69, 9.17) is 5.73 Å². The van der Waals surface area contributed by atoms with Gasteiger partial charge in [0, 0.05) is 18.8 Å². The van der Waals surface area contributed by atoms with Crippen molar-refractivity contribution in [1.29, 1.82) is 0 Å². The molecule has 0 atom stereocenters. The van der Waals surface area contributed by atoms with Crippen molar-refractivity contribution in [2.75, 3.05) is 18.1 Å². The molecule has 0 amide bonds. The Hall–Kier alpha value is -2.63. The van der Waals surface area contributed by atoms with Crippen molar-refractivity contribution >= 4 is 22.9 Å². The van der Waals surface area contributed by atoms with Crippen LogP contribution in [-0.2, 0) is 0 Å². The third-order valence-corrected chi connectivity index (χ3v) is 2.38. The normalized spacial score (nSPS) is 10.7. The zero-order valence-corrected chi connectivity index (χ0v) is 9.87. The highest BCUT2D eigenvalue weighted by molar-refractivity contribution is 5.68. The Morgan fingerprint density at radius 1 is 1.22 bits per heavy atom. The first-order valence-corrected chi connectivity index (χ1v) is 5.38. The Labute approximate surface area is 104 Å². The summed E-state index contributed by atoms with van der Waals surface area (Å²) in [7, 11) is 1.81. The van der Waals surface area contributed by atoms with Crippen LogP contribution in [0.3, 0.4) is 0 Å². The first kappa shape index (κ1) is 11.8. The summed E-state index contributed by atoms with van der Waals surface area (Å²) < 4.78 is 0.641. The zero-order valence-electron chi connectivity index (χ0n) is 9.87. The van der Waals surface area contributed by atoms with Gasteiger partial charge in [-0.25, -0.2) is 4.73 Å². The Morgan fingerprint density at radius 3 is 2.72 bits per heavy atom. The molecule has 0 radical (unpaired) electrons. The first-order chi connectivity index (χ1) is 8.70. The van der Waals surface area contributed by atoms with Gasteiger partial charge in [-0.2, -0.15) is 0 Å². The SMILES string of the molecule is CNc1ccc(/N=N/c2cccc[n+]2[O-])c(N)c1. The van der Waals surface area contributed by atoms with Gasteiger partial charge in [-0.1, -0.05) is 6.07 Å². The number of azo groups is 1. The molecule has 0 spiro atoms. The summed E-state index contributed by atoms with van der Waals surface area (Å²) in [5.41, 5.74) is 7.74. The third kappa shape index (κ3) is 2.54. The van der Waals surface area contributed by atoms with Crippen molar-refractivity contribution < 1.29 is 4.73 Å². The lowest BCUT2D eigenvalue weighted by atomic mass is 10.2. The zero-order chi connectivity index (χ0) is 13.0. The van der Waals surface area contributed by atoms with Crippen LogP contribution in [0.5, 0.6) is 0 Å². The van der Waals surface area contributed by atoms with Crippen LogP contribution in [0, 0.1) is 5.21 Å². The molecule has 3 N–H and O–H groups in total. The molecule has 0 aliphatic heterocycles. The maximum absolute atomic E-state index is 11.3. The molecule has 0 unspecified atom stereocenters. The molecule has 0 saturated heterocycles. The van der Waals surface area contributed by atoms with Gasteiger partial charge in [0.2, 0.25) is 0 Å². The highest BCUT2D eigenvalue weighted by Gasteiger charge is 2.04. The van der Waals surface area contributed by atoms with Gasteiger partial charge in [0.05, 0.1) is 17.0 Å². The number of pyridine rings is 1. The minimum Gasteiger partial charge on any atom is -0.710 e. The maximum atomic E-state index is 11.3. The summed E-state index contributed by atoms with van der Waals surface area (Å²) in [6, 6.07) is 10.3. The number of nitrogens with two attached hydrogens (primary N) is 1. The van der Waals surface area contributed by atoms with E-state index in [2.05, 4.69) is 15.5 Å². The number of hydrogen-bond donors (Lipinski definition) is 2. The van der Waals surface area contributed by atoms with E-state index in [9.17, 15) is 5.21 Å². The third-order valence-electron chi connectivity index (χ3n) is 2.38. The van der Waals surface area contributed by atoms with Gasteiger partial charge in [0.15, 0.2) is 0 Å². The van der Waals surface area contributed by atoms with Crippen LogP contribution in [0.15, 0.2) is 52.8 Å². The number of nitrogen functional groups attached to an aromatic ring is 1. The fraction of sp³-hybridized carbons (Fsp3) is 0.0833. The molecule has 0 fully saturated rings. The van der Waals surface area contributed by atoms with Crippen LogP contribution in [0.4, 0.5) is 22.9 Å². The number of nitrogens with one attached hydrogen (secondary N) is 1. The standard InChI is InChI=1S/C12H13N5O/c1-14-9-5-6-11(10(13)8-9)15-16-12-4-2-3-7-17(12)18/h2-8,14H,13H2,1H3/b16-15+. The molecule has 0 saturated carbocycles. The lowest BCUT2D eigenvalue weighted by Crippen LogP contribution is -2.24. The average Bonchev–Trinajstić information content (AvgIpc) is 2.39. The van der Waals surface area contributed by atoms with E-state index in [1.165, 1.54) is 6.20 Å². The minimum atomic E-state index is 0.217.